The number of imidazole rings is 1. The van der Waals surface area contributed by atoms with Gasteiger partial charge in [-0.3, -0.25) is 19.1 Å². The number of pyridine rings is 1. The van der Waals surface area contributed by atoms with Crippen LogP contribution in [0.3, 0.4) is 0 Å². The lowest BCUT2D eigenvalue weighted by Gasteiger charge is -2.33. The van der Waals surface area contributed by atoms with Crippen molar-refractivity contribution in [3.05, 3.63) is 64.7 Å². The lowest BCUT2D eigenvalue weighted by atomic mass is 9.94. The molecule has 2 unspecified atom stereocenters. The maximum atomic E-state index is 13.2. The summed E-state index contributed by atoms with van der Waals surface area (Å²) in [5.41, 5.74) is 2.11. The van der Waals surface area contributed by atoms with E-state index < -0.39 is 18.6 Å². The number of aromatic nitrogens is 3. The summed E-state index contributed by atoms with van der Waals surface area (Å²) >= 11 is 0. The molecule has 2 aliphatic rings. The third-order valence-electron chi connectivity index (χ3n) is 7.36. The SMILES string of the molecule is O=C(O)CN1CC(c2ccccc2)CCC(NC(=O)N2CCC(n3c(=O)[nH]c4ncccc43)CC2)C1=O. The van der Waals surface area contributed by atoms with Crippen LogP contribution in [0.15, 0.2) is 53.5 Å². The van der Waals surface area contributed by atoms with Gasteiger partial charge >= 0.3 is 17.7 Å². The fourth-order valence-electron chi connectivity index (χ4n) is 5.48. The number of carbonyl (C=O) groups excluding carboxylic acids is 2. The summed E-state index contributed by atoms with van der Waals surface area (Å²) < 4.78 is 1.71. The molecule has 3 aromatic rings. The topological polar surface area (TPSA) is 141 Å². The summed E-state index contributed by atoms with van der Waals surface area (Å²) in [6.07, 6.45) is 3.89. The smallest absolute Gasteiger partial charge is 0.327 e. The standard InChI is InChI=1S/C26H30N6O5/c33-22(34)16-31-15-18(17-5-2-1-3-6-17)8-9-20(24(31)35)28-25(36)30-13-10-19(11-14-30)32-21-7-4-12-27-23(21)29-26(32)37/h1-7,12,18-20H,8-11,13-16H2,(H,28,36)(H,33,34)(H,27,29,37). The number of carbonyl (C=O) groups is 3. The quantitative estimate of drug-likeness (QED) is 0.483. The summed E-state index contributed by atoms with van der Waals surface area (Å²) in [4.78, 5) is 60.3. The predicted molar refractivity (Wildman–Crippen MR) is 135 cm³/mol. The Labute approximate surface area is 213 Å². The van der Waals surface area contributed by atoms with Crippen molar-refractivity contribution in [1.29, 1.82) is 0 Å². The van der Waals surface area contributed by atoms with E-state index >= 15 is 0 Å². The van der Waals surface area contributed by atoms with Gasteiger partial charge in [0.1, 0.15) is 12.6 Å². The van der Waals surface area contributed by atoms with Gasteiger partial charge in [-0.15, -0.1) is 0 Å². The van der Waals surface area contributed by atoms with Gasteiger partial charge in [-0.2, -0.15) is 0 Å². The van der Waals surface area contributed by atoms with Gasteiger partial charge in [0.05, 0.1) is 5.52 Å². The number of nitrogens with zero attached hydrogens (tertiary/aromatic N) is 4. The van der Waals surface area contributed by atoms with Gasteiger partial charge in [-0.25, -0.2) is 14.6 Å². The molecule has 2 aromatic heterocycles. The van der Waals surface area contributed by atoms with Crippen LogP contribution in [0.25, 0.3) is 11.2 Å². The van der Waals surface area contributed by atoms with Crippen LogP contribution in [0.1, 0.15) is 43.2 Å². The summed E-state index contributed by atoms with van der Waals surface area (Å²) in [5.74, 6) is -1.47. The zero-order chi connectivity index (χ0) is 25.9. The molecule has 11 heteroatoms. The molecule has 0 spiro atoms. The van der Waals surface area contributed by atoms with Gasteiger partial charge in [0.15, 0.2) is 5.65 Å². The number of nitrogens with one attached hydrogen (secondary N) is 2. The number of hydrogen-bond acceptors (Lipinski definition) is 5. The minimum Gasteiger partial charge on any atom is -0.480 e. The van der Waals surface area contributed by atoms with Crippen LogP contribution in [0.4, 0.5) is 4.79 Å². The number of hydrogen-bond donors (Lipinski definition) is 3. The average molecular weight is 507 g/mol. The number of fused-ring (bicyclic) bond motifs is 1. The van der Waals surface area contributed by atoms with E-state index in [1.165, 1.54) is 4.90 Å². The molecule has 2 fully saturated rings. The van der Waals surface area contributed by atoms with Gasteiger partial charge in [0, 0.05) is 37.8 Å². The highest BCUT2D eigenvalue weighted by atomic mass is 16.4. The lowest BCUT2D eigenvalue weighted by Crippen LogP contribution is -2.53. The first kappa shape index (κ1) is 24.5. The van der Waals surface area contributed by atoms with Crippen molar-refractivity contribution >= 4 is 29.1 Å². The van der Waals surface area contributed by atoms with Crippen LogP contribution in [0.5, 0.6) is 0 Å². The van der Waals surface area contributed by atoms with Crippen molar-refractivity contribution in [2.45, 2.75) is 43.7 Å². The van der Waals surface area contributed by atoms with E-state index in [0.717, 1.165) is 11.1 Å². The number of H-pyrrole nitrogens is 1. The molecular weight excluding hydrogens is 476 g/mol. The molecule has 37 heavy (non-hydrogen) atoms. The molecule has 4 heterocycles. The highest BCUT2D eigenvalue weighted by molar-refractivity contribution is 5.89. The number of benzene rings is 1. The van der Waals surface area contributed by atoms with Crippen molar-refractivity contribution in [3.8, 4) is 0 Å². The second-order valence-corrected chi connectivity index (χ2v) is 9.69. The van der Waals surface area contributed by atoms with Crippen LogP contribution in [0.2, 0.25) is 0 Å². The Bertz CT molecular complexity index is 1340. The third kappa shape index (κ3) is 5.20. The van der Waals surface area contributed by atoms with Gasteiger partial charge in [0.25, 0.3) is 0 Å². The molecule has 0 saturated carbocycles. The molecule has 2 atom stereocenters. The first-order valence-corrected chi connectivity index (χ1v) is 12.6. The highest BCUT2D eigenvalue weighted by Gasteiger charge is 2.35. The minimum atomic E-state index is -1.09. The van der Waals surface area contributed by atoms with E-state index in [-0.39, 0.29) is 29.6 Å². The van der Waals surface area contributed by atoms with Gasteiger partial charge in [-0.1, -0.05) is 30.3 Å². The number of aliphatic carboxylic acids is 1. The number of urea groups is 1. The summed E-state index contributed by atoms with van der Waals surface area (Å²) in [6, 6.07) is 12.2. The second kappa shape index (κ2) is 10.5. The van der Waals surface area contributed by atoms with Crippen molar-refractivity contribution < 1.29 is 19.5 Å². The Morgan fingerprint density at radius 3 is 2.51 bits per heavy atom. The van der Waals surface area contributed by atoms with Crippen molar-refractivity contribution in [3.63, 3.8) is 0 Å². The molecule has 2 aliphatic heterocycles. The number of carboxylic acids is 1. The van der Waals surface area contributed by atoms with Crippen molar-refractivity contribution in [1.82, 2.24) is 29.7 Å². The van der Waals surface area contributed by atoms with E-state index in [4.69, 9.17) is 0 Å². The van der Waals surface area contributed by atoms with Crippen LogP contribution in [0, 0.1) is 0 Å². The highest BCUT2D eigenvalue weighted by Crippen LogP contribution is 2.28. The van der Waals surface area contributed by atoms with Gasteiger partial charge in [0.2, 0.25) is 5.91 Å². The first-order valence-electron chi connectivity index (χ1n) is 12.6. The molecule has 1 aromatic carbocycles. The summed E-state index contributed by atoms with van der Waals surface area (Å²) in [6.45, 7) is 0.750. The Balaban J connectivity index is 1.24. The van der Waals surface area contributed by atoms with Gasteiger partial charge < -0.3 is 20.2 Å². The number of likely N-dealkylation sites (tertiary alicyclic amines) is 2. The molecule has 3 N–H and O–H groups in total. The lowest BCUT2D eigenvalue weighted by molar-refractivity contribution is -0.145. The maximum absolute atomic E-state index is 13.2. The number of aromatic amines is 1. The van der Waals surface area contributed by atoms with E-state index in [9.17, 15) is 24.3 Å². The van der Waals surface area contributed by atoms with Crippen LogP contribution >= 0.6 is 0 Å². The van der Waals surface area contributed by atoms with Crippen molar-refractivity contribution in [2.24, 2.45) is 0 Å². The van der Waals surface area contributed by atoms with Gasteiger partial charge in [-0.05, 0) is 43.4 Å². The first-order chi connectivity index (χ1) is 17.9. The molecule has 5 rings (SSSR count). The fraction of sp³-hybridized carbons (Fsp3) is 0.423. The van der Waals surface area contributed by atoms with E-state index in [1.807, 2.05) is 36.4 Å². The van der Waals surface area contributed by atoms with Crippen LogP contribution < -0.4 is 11.0 Å². The molecule has 194 valence electrons. The average Bonchev–Trinajstić information content (AvgIpc) is 3.17. The van der Waals surface area contributed by atoms with Crippen LogP contribution in [-0.4, -0.2) is 79.6 Å². The fourth-order valence-corrected chi connectivity index (χ4v) is 5.48. The van der Waals surface area contributed by atoms with E-state index in [0.29, 0.717) is 51.0 Å². The molecule has 0 aliphatic carbocycles. The summed E-state index contributed by atoms with van der Waals surface area (Å²) in [5, 5.41) is 12.2. The number of carboxylic acid groups (broad SMARTS) is 1. The Kier molecular flexibility index (Phi) is 6.93. The number of amides is 3. The molecular formula is C26H30N6O5. The number of rotatable bonds is 5. The molecule has 0 radical (unpaired) electrons. The molecule has 11 nitrogen and oxygen atoms in total. The normalized spacial score (nSPS) is 21.1. The Morgan fingerprint density at radius 1 is 1.03 bits per heavy atom. The molecule has 2 saturated heterocycles. The minimum absolute atomic E-state index is 0.00822. The second-order valence-electron chi connectivity index (χ2n) is 9.69. The third-order valence-corrected chi connectivity index (χ3v) is 7.36. The van der Waals surface area contributed by atoms with E-state index in [2.05, 4.69) is 15.3 Å². The predicted octanol–water partition coefficient (Wildman–Crippen LogP) is 1.93. The summed E-state index contributed by atoms with van der Waals surface area (Å²) in [7, 11) is 0. The Hall–Kier alpha value is -4.15. The van der Waals surface area contributed by atoms with Crippen LogP contribution in [-0.2, 0) is 9.59 Å². The zero-order valence-electron chi connectivity index (χ0n) is 20.4. The maximum Gasteiger partial charge on any atom is 0.327 e. The monoisotopic (exact) mass is 506 g/mol. The van der Waals surface area contributed by atoms with Crippen molar-refractivity contribution in [2.75, 3.05) is 26.2 Å². The Morgan fingerprint density at radius 2 is 1.78 bits per heavy atom. The largest absolute Gasteiger partial charge is 0.480 e. The molecule has 3 amide bonds. The number of piperidine rings is 1. The zero-order valence-corrected chi connectivity index (χ0v) is 20.4. The molecule has 0 bridgehead atoms. The van der Waals surface area contributed by atoms with E-state index in [1.54, 1.807) is 21.7 Å².